The first kappa shape index (κ1) is 23.7. The fraction of sp³-hybridized carbons (Fsp3) is 0.476. The van der Waals surface area contributed by atoms with Crippen LogP contribution in [0.2, 0.25) is 5.02 Å². The molecule has 2 amide bonds. The van der Waals surface area contributed by atoms with E-state index in [0.29, 0.717) is 23.0 Å². The van der Waals surface area contributed by atoms with Gasteiger partial charge in [-0.15, -0.1) is 0 Å². The largest absolute Gasteiger partial charge is 0.515 e. The summed E-state index contributed by atoms with van der Waals surface area (Å²) in [6.45, 7) is 6.73. The van der Waals surface area contributed by atoms with Gasteiger partial charge in [-0.05, 0) is 43.7 Å². The molecular formula is C21H30ClN3O3. The van der Waals surface area contributed by atoms with Crippen LogP contribution in [0, 0.1) is 0 Å². The zero-order chi connectivity index (χ0) is 21.1. The van der Waals surface area contributed by atoms with Crippen molar-refractivity contribution in [1.82, 2.24) is 4.90 Å². The van der Waals surface area contributed by atoms with Crippen molar-refractivity contribution >= 4 is 35.4 Å². The van der Waals surface area contributed by atoms with Gasteiger partial charge in [-0.2, -0.15) is 4.99 Å². The van der Waals surface area contributed by atoms with Gasteiger partial charge in [0.25, 0.3) is 5.91 Å². The van der Waals surface area contributed by atoms with Crippen LogP contribution < -0.4 is 5.32 Å². The lowest BCUT2D eigenvalue weighted by Gasteiger charge is -2.25. The maximum atomic E-state index is 11.3. The molecular weight excluding hydrogens is 378 g/mol. The van der Waals surface area contributed by atoms with Crippen molar-refractivity contribution < 1.29 is 14.7 Å². The van der Waals surface area contributed by atoms with E-state index in [1.54, 1.807) is 13.0 Å². The van der Waals surface area contributed by atoms with Crippen molar-refractivity contribution in [3.8, 4) is 0 Å². The number of amidine groups is 1. The molecule has 0 saturated carbocycles. The number of likely N-dealkylation sites (tertiary alicyclic amines) is 1. The number of carbonyl (C=O) groups is 2. The molecule has 0 bridgehead atoms. The van der Waals surface area contributed by atoms with E-state index >= 15 is 0 Å². The summed E-state index contributed by atoms with van der Waals surface area (Å²) in [7, 11) is 1.93. The smallest absolute Gasteiger partial charge is 0.277 e. The average Bonchev–Trinajstić information content (AvgIpc) is 2.70. The highest BCUT2D eigenvalue weighted by atomic mass is 35.5. The molecule has 1 aromatic rings. The molecule has 28 heavy (non-hydrogen) atoms. The number of nitrogens with one attached hydrogen (secondary N) is 1. The predicted molar refractivity (Wildman–Crippen MR) is 115 cm³/mol. The van der Waals surface area contributed by atoms with Crippen LogP contribution in [-0.4, -0.2) is 41.8 Å². The molecule has 7 heteroatoms. The highest BCUT2D eigenvalue weighted by molar-refractivity contribution is 6.34. The molecule has 1 fully saturated rings. The number of piperidine rings is 1. The minimum atomic E-state index is -0.351. The summed E-state index contributed by atoms with van der Waals surface area (Å²) >= 11 is 6.14. The Morgan fingerprint density at radius 2 is 2.14 bits per heavy atom. The Morgan fingerprint density at radius 1 is 1.43 bits per heavy atom. The monoisotopic (exact) mass is 407 g/mol. The first-order valence-electron chi connectivity index (χ1n) is 9.48. The van der Waals surface area contributed by atoms with E-state index in [-0.39, 0.29) is 11.5 Å². The fourth-order valence-corrected chi connectivity index (χ4v) is 3.05. The standard InChI is InChI=1S/C11H14ClNO.C10H16N2O2/c1-3-8(2)9-5-4-6-10(11(9)12)13-7-14;1-8(7-13)10(14)11-9-5-3-4-6-12(9)2/h4-8H,3H2,1-2H3,(H,13,14);7,13H,3-6H2,1-2H3/b;8-7+,11-9?. The Kier molecular flexibility index (Phi) is 10.3. The first-order chi connectivity index (χ1) is 13.3. The summed E-state index contributed by atoms with van der Waals surface area (Å²) in [5.74, 6) is 0.884. The van der Waals surface area contributed by atoms with Gasteiger partial charge < -0.3 is 15.3 Å². The number of halogens is 1. The first-order valence-corrected chi connectivity index (χ1v) is 9.86. The van der Waals surface area contributed by atoms with Gasteiger partial charge in [0.1, 0.15) is 5.84 Å². The Labute approximate surface area is 172 Å². The summed E-state index contributed by atoms with van der Waals surface area (Å²) in [6, 6.07) is 5.69. The normalized spacial score (nSPS) is 16.8. The number of benzene rings is 1. The van der Waals surface area contributed by atoms with Crippen LogP contribution in [0.25, 0.3) is 0 Å². The number of amides is 2. The van der Waals surface area contributed by atoms with E-state index in [1.807, 2.05) is 24.1 Å². The number of carbonyl (C=O) groups excluding carboxylic acids is 2. The molecule has 6 nitrogen and oxygen atoms in total. The molecule has 1 atom stereocenters. The SMILES string of the molecule is C/C(=C\O)C(=O)N=C1CCCCN1C.CCC(C)c1cccc(NC=O)c1Cl. The number of aliphatic hydroxyl groups excluding tert-OH is 1. The molecule has 154 valence electrons. The zero-order valence-corrected chi connectivity index (χ0v) is 17.8. The van der Waals surface area contributed by atoms with Gasteiger partial charge in [0.05, 0.1) is 22.5 Å². The third-order valence-corrected chi connectivity index (χ3v) is 5.15. The molecule has 1 saturated heterocycles. The minimum absolute atomic E-state index is 0.275. The number of aliphatic hydroxyl groups is 1. The second kappa shape index (κ2) is 12.2. The van der Waals surface area contributed by atoms with E-state index in [4.69, 9.17) is 16.7 Å². The van der Waals surface area contributed by atoms with Gasteiger partial charge >= 0.3 is 0 Å². The van der Waals surface area contributed by atoms with Crippen LogP contribution >= 0.6 is 11.6 Å². The van der Waals surface area contributed by atoms with Gasteiger partial charge in [-0.3, -0.25) is 9.59 Å². The summed E-state index contributed by atoms with van der Waals surface area (Å²) < 4.78 is 0. The maximum Gasteiger partial charge on any atom is 0.277 e. The van der Waals surface area contributed by atoms with Crippen molar-refractivity contribution in [3.05, 3.63) is 40.6 Å². The van der Waals surface area contributed by atoms with Gasteiger partial charge in [-0.25, -0.2) is 0 Å². The number of nitrogens with zero attached hydrogens (tertiary/aromatic N) is 2. The number of hydrogen-bond acceptors (Lipinski definition) is 3. The summed E-state index contributed by atoms with van der Waals surface area (Å²) in [4.78, 5) is 27.6. The molecule has 0 spiro atoms. The number of hydrogen-bond donors (Lipinski definition) is 2. The maximum absolute atomic E-state index is 11.3. The van der Waals surface area contributed by atoms with Crippen LogP contribution in [0.4, 0.5) is 5.69 Å². The molecule has 1 aliphatic rings. The summed E-state index contributed by atoms with van der Waals surface area (Å²) in [5.41, 5.74) is 2.04. The topological polar surface area (TPSA) is 82.0 Å². The van der Waals surface area contributed by atoms with E-state index in [9.17, 15) is 9.59 Å². The number of rotatable bonds is 5. The Hall–Kier alpha value is -2.34. The lowest BCUT2D eigenvalue weighted by atomic mass is 9.98. The second-order valence-electron chi connectivity index (χ2n) is 6.80. The molecule has 1 aliphatic heterocycles. The Morgan fingerprint density at radius 3 is 2.71 bits per heavy atom. The van der Waals surface area contributed by atoms with Crippen LogP contribution in [-0.2, 0) is 9.59 Å². The molecule has 0 aromatic heterocycles. The van der Waals surface area contributed by atoms with E-state index in [1.165, 1.54) is 0 Å². The van der Waals surface area contributed by atoms with Crippen LogP contribution in [0.3, 0.4) is 0 Å². The number of anilines is 1. The van der Waals surface area contributed by atoms with Gasteiger partial charge in [-0.1, -0.05) is 37.6 Å². The molecule has 2 rings (SSSR count). The minimum Gasteiger partial charge on any atom is -0.515 e. The Balaban J connectivity index is 0.000000280. The highest BCUT2D eigenvalue weighted by Crippen LogP contribution is 2.32. The quantitative estimate of drug-likeness (QED) is 0.412. The average molecular weight is 408 g/mol. The van der Waals surface area contributed by atoms with Crippen LogP contribution in [0.15, 0.2) is 35.0 Å². The van der Waals surface area contributed by atoms with Crippen LogP contribution in [0.1, 0.15) is 57.9 Å². The Bertz CT molecular complexity index is 732. The summed E-state index contributed by atoms with van der Waals surface area (Å²) in [5, 5.41) is 11.9. The van der Waals surface area contributed by atoms with Crippen molar-refractivity contribution in [2.75, 3.05) is 18.9 Å². The lowest BCUT2D eigenvalue weighted by molar-refractivity contribution is -0.114. The molecule has 1 unspecified atom stereocenters. The van der Waals surface area contributed by atoms with Crippen molar-refractivity contribution in [2.45, 2.75) is 52.4 Å². The molecule has 0 radical (unpaired) electrons. The summed E-state index contributed by atoms with van der Waals surface area (Å²) in [6.07, 6.45) is 5.55. The van der Waals surface area contributed by atoms with Gasteiger partial charge in [0, 0.05) is 20.0 Å². The van der Waals surface area contributed by atoms with Gasteiger partial charge in [0.15, 0.2) is 0 Å². The molecule has 1 aromatic carbocycles. The van der Waals surface area contributed by atoms with E-state index < -0.39 is 0 Å². The lowest BCUT2D eigenvalue weighted by Crippen LogP contribution is -2.32. The van der Waals surface area contributed by atoms with E-state index in [2.05, 4.69) is 24.2 Å². The molecule has 1 heterocycles. The van der Waals surface area contributed by atoms with E-state index in [0.717, 1.165) is 49.9 Å². The fourth-order valence-electron chi connectivity index (χ4n) is 2.68. The van der Waals surface area contributed by atoms with Crippen molar-refractivity contribution in [2.24, 2.45) is 4.99 Å². The molecule has 0 aliphatic carbocycles. The van der Waals surface area contributed by atoms with Crippen molar-refractivity contribution in [3.63, 3.8) is 0 Å². The predicted octanol–water partition coefficient (Wildman–Crippen LogP) is 4.91. The number of aliphatic imine (C=N–C) groups is 1. The third-order valence-electron chi connectivity index (χ3n) is 4.73. The highest BCUT2D eigenvalue weighted by Gasteiger charge is 2.14. The van der Waals surface area contributed by atoms with Gasteiger partial charge in [0.2, 0.25) is 6.41 Å². The third kappa shape index (κ3) is 7.00. The van der Waals surface area contributed by atoms with Crippen molar-refractivity contribution in [1.29, 1.82) is 0 Å². The van der Waals surface area contributed by atoms with Crippen LogP contribution in [0.5, 0.6) is 0 Å². The zero-order valence-electron chi connectivity index (χ0n) is 17.0. The molecule has 2 N–H and O–H groups in total. The second-order valence-corrected chi connectivity index (χ2v) is 7.18.